The van der Waals surface area contributed by atoms with Gasteiger partial charge < -0.3 is 9.80 Å². The number of benzene rings is 1. The topological polar surface area (TPSA) is 66.4 Å². The van der Waals surface area contributed by atoms with Crippen molar-refractivity contribution in [3.63, 3.8) is 0 Å². The first kappa shape index (κ1) is 21.4. The molecular formula is C26H26N4O2. The Hall–Kier alpha value is -3.80. The lowest BCUT2D eigenvalue weighted by Gasteiger charge is -2.24. The molecule has 1 aromatic carbocycles. The van der Waals surface area contributed by atoms with Crippen molar-refractivity contribution in [1.82, 2.24) is 19.8 Å². The maximum Gasteiger partial charge on any atom is 0.254 e. The molecule has 1 saturated heterocycles. The van der Waals surface area contributed by atoms with Crippen molar-refractivity contribution in [3.8, 4) is 11.1 Å². The van der Waals surface area contributed by atoms with Crippen LogP contribution in [-0.4, -0.2) is 57.8 Å². The van der Waals surface area contributed by atoms with Gasteiger partial charge in [0.25, 0.3) is 5.91 Å². The number of hydrogen-bond donors (Lipinski definition) is 0. The lowest BCUT2D eigenvalue weighted by Crippen LogP contribution is -2.38. The third-order valence-electron chi connectivity index (χ3n) is 5.76. The summed E-state index contributed by atoms with van der Waals surface area (Å²) in [7, 11) is 0. The van der Waals surface area contributed by atoms with Crippen LogP contribution in [0, 0.1) is 5.92 Å². The zero-order valence-electron chi connectivity index (χ0n) is 17.9. The summed E-state index contributed by atoms with van der Waals surface area (Å²) in [6.07, 6.45) is 9.08. The van der Waals surface area contributed by atoms with Gasteiger partial charge in [-0.3, -0.25) is 19.6 Å². The van der Waals surface area contributed by atoms with Gasteiger partial charge in [-0.15, -0.1) is 6.58 Å². The Morgan fingerprint density at radius 1 is 1.03 bits per heavy atom. The van der Waals surface area contributed by atoms with E-state index in [0.717, 1.165) is 16.7 Å². The molecule has 162 valence electrons. The van der Waals surface area contributed by atoms with Crippen LogP contribution in [0.15, 0.2) is 86.0 Å². The SMILES string of the molecule is C=CCN1CCN(C(=O)c2ccncc2)C[C@H](Cc2ccccc2-c2cccnc2)C1=O. The summed E-state index contributed by atoms with van der Waals surface area (Å²) in [6.45, 7) is 5.61. The number of pyridine rings is 2. The molecule has 3 heterocycles. The molecule has 0 aliphatic carbocycles. The molecule has 0 bridgehead atoms. The highest BCUT2D eigenvalue weighted by molar-refractivity contribution is 5.94. The Labute approximate surface area is 188 Å². The van der Waals surface area contributed by atoms with Gasteiger partial charge in [-0.25, -0.2) is 0 Å². The van der Waals surface area contributed by atoms with E-state index in [-0.39, 0.29) is 17.7 Å². The normalized spacial score (nSPS) is 16.5. The van der Waals surface area contributed by atoms with Crippen LogP contribution >= 0.6 is 0 Å². The number of amides is 2. The predicted molar refractivity (Wildman–Crippen MR) is 124 cm³/mol. The van der Waals surface area contributed by atoms with Gasteiger partial charge in [-0.1, -0.05) is 36.4 Å². The van der Waals surface area contributed by atoms with Crippen molar-refractivity contribution < 1.29 is 9.59 Å². The van der Waals surface area contributed by atoms with E-state index < -0.39 is 0 Å². The molecule has 0 N–H and O–H groups in total. The van der Waals surface area contributed by atoms with Crippen LogP contribution in [-0.2, 0) is 11.2 Å². The third-order valence-corrected chi connectivity index (χ3v) is 5.76. The Morgan fingerprint density at radius 2 is 1.84 bits per heavy atom. The smallest absolute Gasteiger partial charge is 0.254 e. The second-order valence-electron chi connectivity index (χ2n) is 7.86. The van der Waals surface area contributed by atoms with Crippen molar-refractivity contribution in [1.29, 1.82) is 0 Å². The van der Waals surface area contributed by atoms with Gasteiger partial charge in [0.15, 0.2) is 0 Å². The molecule has 1 aliphatic rings. The molecule has 6 nitrogen and oxygen atoms in total. The van der Waals surface area contributed by atoms with Crippen molar-refractivity contribution in [2.45, 2.75) is 6.42 Å². The quantitative estimate of drug-likeness (QED) is 0.566. The van der Waals surface area contributed by atoms with E-state index in [1.54, 1.807) is 46.6 Å². The maximum absolute atomic E-state index is 13.4. The van der Waals surface area contributed by atoms with Crippen molar-refractivity contribution in [2.24, 2.45) is 5.92 Å². The van der Waals surface area contributed by atoms with Crippen LogP contribution in [0.2, 0.25) is 0 Å². The second-order valence-corrected chi connectivity index (χ2v) is 7.86. The highest BCUT2D eigenvalue weighted by Crippen LogP contribution is 2.27. The Morgan fingerprint density at radius 3 is 2.59 bits per heavy atom. The van der Waals surface area contributed by atoms with E-state index in [4.69, 9.17) is 0 Å². The molecular weight excluding hydrogens is 400 g/mol. The number of carbonyl (C=O) groups excluding carboxylic acids is 2. The lowest BCUT2D eigenvalue weighted by atomic mass is 9.91. The molecule has 3 aromatic rings. The van der Waals surface area contributed by atoms with Crippen LogP contribution in [0.4, 0.5) is 0 Å². The first-order chi connectivity index (χ1) is 15.7. The average molecular weight is 427 g/mol. The number of aromatic nitrogens is 2. The summed E-state index contributed by atoms with van der Waals surface area (Å²) in [5.41, 5.74) is 3.71. The number of carbonyl (C=O) groups is 2. The zero-order valence-corrected chi connectivity index (χ0v) is 17.9. The zero-order chi connectivity index (χ0) is 22.3. The Bertz CT molecular complexity index is 1090. The van der Waals surface area contributed by atoms with Gasteiger partial charge in [0, 0.05) is 62.1 Å². The molecule has 4 rings (SSSR count). The van der Waals surface area contributed by atoms with E-state index in [9.17, 15) is 9.59 Å². The lowest BCUT2D eigenvalue weighted by molar-refractivity contribution is -0.134. The standard InChI is InChI=1S/C26H26N4O2/c1-2-14-29-15-16-30(25(31)20-9-12-27-13-10-20)19-23(26(29)32)17-21-6-3-4-8-24(21)22-7-5-11-28-18-22/h2-13,18,23H,1,14-17,19H2/t23-/m0/s1. The van der Waals surface area contributed by atoms with Gasteiger partial charge in [0.05, 0.1) is 5.92 Å². The van der Waals surface area contributed by atoms with E-state index in [2.05, 4.69) is 22.6 Å². The third kappa shape index (κ3) is 4.75. The molecule has 1 atom stereocenters. The highest BCUT2D eigenvalue weighted by atomic mass is 16.2. The van der Waals surface area contributed by atoms with Gasteiger partial charge >= 0.3 is 0 Å². The Balaban J connectivity index is 1.64. The fraction of sp³-hybridized carbons (Fsp3) is 0.231. The predicted octanol–water partition coefficient (Wildman–Crippen LogP) is 3.47. The first-order valence-electron chi connectivity index (χ1n) is 10.7. The summed E-state index contributed by atoms with van der Waals surface area (Å²) in [5, 5.41) is 0. The summed E-state index contributed by atoms with van der Waals surface area (Å²) in [4.78, 5) is 38.4. The van der Waals surface area contributed by atoms with Gasteiger partial charge in [-0.2, -0.15) is 0 Å². The summed E-state index contributed by atoms with van der Waals surface area (Å²) in [5.74, 6) is -0.372. The number of hydrogen-bond acceptors (Lipinski definition) is 4. The van der Waals surface area contributed by atoms with Gasteiger partial charge in [0.1, 0.15) is 0 Å². The molecule has 2 aromatic heterocycles. The van der Waals surface area contributed by atoms with Crippen LogP contribution < -0.4 is 0 Å². The minimum absolute atomic E-state index is 0.0518. The number of rotatable bonds is 6. The summed E-state index contributed by atoms with van der Waals surface area (Å²) < 4.78 is 0. The molecule has 6 heteroatoms. The largest absolute Gasteiger partial charge is 0.337 e. The van der Waals surface area contributed by atoms with Gasteiger partial charge in [0.2, 0.25) is 5.91 Å². The number of nitrogens with zero attached hydrogens (tertiary/aromatic N) is 4. The van der Waals surface area contributed by atoms with E-state index in [1.165, 1.54) is 0 Å². The molecule has 0 unspecified atom stereocenters. The van der Waals surface area contributed by atoms with E-state index >= 15 is 0 Å². The van der Waals surface area contributed by atoms with Gasteiger partial charge in [-0.05, 0) is 35.7 Å². The summed E-state index contributed by atoms with van der Waals surface area (Å²) >= 11 is 0. The average Bonchev–Trinajstić information content (AvgIpc) is 3.00. The van der Waals surface area contributed by atoms with E-state index in [1.807, 2.05) is 36.5 Å². The molecule has 2 amide bonds. The molecule has 0 spiro atoms. The van der Waals surface area contributed by atoms with Crippen molar-refractivity contribution in [2.75, 3.05) is 26.2 Å². The van der Waals surface area contributed by atoms with Crippen LogP contribution in [0.1, 0.15) is 15.9 Å². The first-order valence-corrected chi connectivity index (χ1v) is 10.7. The molecule has 32 heavy (non-hydrogen) atoms. The molecule has 1 fully saturated rings. The van der Waals surface area contributed by atoms with Crippen molar-refractivity contribution in [3.05, 3.63) is 97.1 Å². The van der Waals surface area contributed by atoms with Crippen LogP contribution in [0.3, 0.4) is 0 Å². The maximum atomic E-state index is 13.4. The van der Waals surface area contributed by atoms with Crippen LogP contribution in [0.5, 0.6) is 0 Å². The molecule has 0 radical (unpaired) electrons. The monoisotopic (exact) mass is 426 g/mol. The fourth-order valence-electron chi connectivity index (χ4n) is 4.16. The van der Waals surface area contributed by atoms with Crippen LogP contribution in [0.25, 0.3) is 11.1 Å². The van der Waals surface area contributed by atoms with Crippen molar-refractivity contribution >= 4 is 11.8 Å². The second kappa shape index (κ2) is 10.0. The van der Waals surface area contributed by atoms with E-state index in [0.29, 0.717) is 38.2 Å². The highest BCUT2D eigenvalue weighted by Gasteiger charge is 2.32. The molecule has 1 aliphatic heterocycles. The minimum atomic E-state index is -0.346. The fourth-order valence-corrected chi connectivity index (χ4v) is 4.16. The molecule has 0 saturated carbocycles. The summed E-state index contributed by atoms with van der Waals surface area (Å²) in [6, 6.07) is 15.4. The Kier molecular flexibility index (Phi) is 6.70. The minimum Gasteiger partial charge on any atom is -0.337 e.